The van der Waals surface area contributed by atoms with E-state index in [2.05, 4.69) is 10.3 Å². The van der Waals surface area contributed by atoms with Gasteiger partial charge in [0.1, 0.15) is 12.4 Å². The van der Waals surface area contributed by atoms with Crippen molar-refractivity contribution < 1.29 is 9.53 Å². The number of rotatable bonds is 4. The number of halogens is 1. The lowest BCUT2D eigenvalue weighted by molar-refractivity contribution is -0.140. The van der Waals surface area contributed by atoms with E-state index < -0.39 is 0 Å². The first kappa shape index (κ1) is 10.3. The maximum atomic E-state index is 10.9. The molecule has 0 saturated heterocycles. The Morgan fingerprint density at radius 1 is 1.85 bits per heavy atom. The molecule has 0 bridgehead atoms. The number of thiazole rings is 1. The Morgan fingerprint density at radius 2 is 2.62 bits per heavy atom. The van der Waals surface area contributed by atoms with E-state index in [1.54, 1.807) is 12.3 Å². The van der Waals surface area contributed by atoms with E-state index in [0.717, 1.165) is 0 Å². The van der Waals surface area contributed by atoms with Crippen LogP contribution in [0.5, 0.6) is 0 Å². The van der Waals surface area contributed by atoms with Gasteiger partial charge < -0.3 is 10.1 Å². The Balaban J connectivity index is 2.30. The van der Waals surface area contributed by atoms with E-state index in [-0.39, 0.29) is 12.5 Å². The summed E-state index contributed by atoms with van der Waals surface area (Å²) in [7, 11) is 0. The van der Waals surface area contributed by atoms with Crippen molar-refractivity contribution in [3.8, 4) is 0 Å². The third-order valence-electron chi connectivity index (χ3n) is 1.20. The lowest BCUT2D eigenvalue weighted by Crippen LogP contribution is -2.16. The molecule has 0 amide bonds. The molecule has 0 fully saturated rings. The fourth-order valence-corrected chi connectivity index (χ4v) is 1.43. The average molecular weight is 221 g/mol. The summed E-state index contributed by atoms with van der Waals surface area (Å²) in [5.41, 5.74) is 0. The van der Waals surface area contributed by atoms with Gasteiger partial charge in [0, 0.05) is 5.38 Å². The van der Waals surface area contributed by atoms with Crippen molar-refractivity contribution in [1.82, 2.24) is 4.98 Å². The number of carbonyl (C=O) groups is 1. The van der Waals surface area contributed by atoms with Crippen LogP contribution in [0.1, 0.15) is 6.92 Å². The highest BCUT2D eigenvalue weighted by molar-refractivity contribution is 7.14. The average Bonchev–Trinajstić information content (AvgIpc) is 2.49. The molecule has 72 valence electrons. The molecule has 1 heterocycles. The zero-order valence-electron chi connectivity index (χ0n) is 7.04. The van der Waals surface area contributed by atoms with Crippen LogP contribution in [-0.4, -0.2) is 24.1 Å². The van der Waals surface area contributed by atoms with Crippen LogP contribution in [0.4, 0.5) is 5.82 Å². The van der Waals surface area contributed by atoms with Crippen molar-refractivity contribution in [3.63, 3.8) is 0 Å². The summed E-state index contributed by atoms with van der Waals surface area (Å²) < 4.78 is 5.16. The van der Waals surface area contributed by atoms with Gasteiger partial charge in [-0.2, -0.15) is 0 Å². The fourth-order valence-electron chi connectivity index (χ4n) is 0.708. The first-order chi connectivity index (χ1) is 6.22. The van der Waals surface area contributed by atoms with Crippen molar-refractivity contribution in [2.75, 3.05) is 18.5 Å². The third-order valence-corrected chi connectivity index (χ3v) is 2.17. The number of nitrogens with zero attached hydrogens (tertiary/aromatic N) is 1. The SMILES string of the molecule is CCOC(=O)CNc1csc(Cl)n1. The Kier molecular flexibility index (Phi) is 3.98. The number of anilines is 1. The minimum absolute atomic E-state index is 0.119. The molecule has 0 atom stereocenters. The van der Waals surface area contributed by atoms with E-state index >= 15 is 0 Å². The fraction of sp³-hybridized carbons (Fsp3) is 0.429. The predicted molar refractivity (Wildman–Crippen MR) is 52.2 cm³/mol. The molecular formula is C7H9ClN2O2S. The van der Waals surface area contributed by atoms with E-state index in [0.29, 0.717) is 16.9 Å². The standard InChI is InChI=1S/C7H9ClN2O2S/c1-2-12-6(11)3-9-5-4-13-7(8)10-5/h4,9H,2-3H2,1H3. The van der Waals surface area contributed by atoms with Gasteiger partial charge in [-0.15, -0.1) is 11.3 Å². The molecule has 6 heteroatoms. The lowest BCUT2D eigenvalue weighted by atomic mass is 10.6. The summed E-state index contributed by atoms with van der Waals surface area (Å²) in [5.74, 6) is 0.301. The molecule has 0 aromatic carbocycles. The highest BCUT2D eigenvalue weighted by atomic mass is 35.5. The molecule has 1 N–H and O–H groups in total. The lowest BCUT2D eigenvalue weighted by Gasteiger charge is -2.01. The molecular weight excluding hydrogens is 212 g/mol. The number of ether oxygens (including phenoxy) is 1. The maximum absolute atomic E-state index is 10.9. The number of esters is 1. The second-order valence-corrected chi connectivity index (χ2v) is 3.58. The summed E-state index contributed by atoms with van der Waals surface area (Å²) >= 11 is 6.90. The number of nitrogens with one attached hydrogen (secondary N) is 1. The van der Waals surface area contributed by atoms with Crippen molar-refractivity contribution in [2.24, 2.45) is 0 Å². The second kappa shape index (κ2) is 5.04. The Bertz CT molecular complexity index is 290. The predicted octanol–water partition coefficient (Wildman–Crippen LogP) is 1.77. The highest BCUT2D eigenvalue weighted by Gasteiger charge is 2.03. The summed E-state index contributed by atoms with van der Waals surface area (Å²) in [6.07, 6.45) is 0. The van der Waals surface area contributed by atoms with E-state index in [1.165, 1.54) is 11.3 Å². The first-order valence-electron chi connectivity index (χ1n) is 3.73. The van der Waals surface area contributed by atoms with Crippen LogP contribution in [0, 0.1) is 0 Å². The number of hydrogen-bond donors (Lipinski definition) is 1. The molecule has 4 nitrogen and oxygen atoms in total. The Labute approximate surface area is 84.9 Å². The van der Waals surface area contributed by atoms with Gasteiger partial charge in [-0.25, -0.2) is 4.98 Å². The molecule has 0 saturated carbocycles. The summed E-state index contributed by atoms with van der Waals surface area (Å²) in [6, 6.07) is 0. The molecule has 0 radical (unpaired) electrons. The van der Waals surface area contributed by atoms with Crippen LogP contribution >= 0.6 is 22.9 Å². The first-order valence-corrected chi connectivity index (χ1v) is 4.98. The molecule has 1 aromatic rings. The molecule has 0 spiro atoms. The Morgan fingerprint density at radius 3 is 3.15 bits per heavy atom. The van der Waals surface area contributed by atoms with Gasteiger partial charge in [0.25, 0.3) is 0 Å². The van der Waals surface area contributed by atoms with Crippen LogP contribution in [0.15, 0.2) is 5.38 Å². The van der Waals surface area contributed by atoms with Crippen LogP contribution in [-0.2, 0) is 9.53 Å². The third kappa shape index (κ3) is 3.61. The van der Waals surface area contributed by atoms with Gasteiger partial charge in [0.2, 0.25) is 0 Å². The van der Waals surface area contributed by atoms with Crippen LogP contribution in [0.2, 0.25) is 4.47 Å². The van der Waals surface area contributed by atoms with Crippen molar-refractivity contribution in [3.05, 3.63) is 9.85 Å². The molecule has 0 aliphatic heterocycles. The van der Waals surface area contributed by atoms with Crippen molar-refractivity contribution >= 4 is 34.7 Å². The minimum atomic E-state index is -0.299. The monoisotopic (exact) mass is 220 g/mol. The van der Waals surface area contributed by atoms with E-state index in [1.807, 2.05) is 0 Å². The van der Waals surface area contributed by atoms with Crippen LogP contribution in [0.3, 0.4) is 0 Å². The van der Waals surface area contributed by atoms with Gasteiger partial charge in [-0.05, 0) is 6.92 Å². The summed E-state index contributed by atoms with van der Waals surface area (Å²) in [5, 5.41) is 4.53. The molecule has 13 heavy (non-hydrogen) atoms. The van der Waals surface area contributed by atoms with E-state index in [4.69, 9.17) is 16.3 Å². The van der Waals surface area contributed by atoms with Crippen molar-refractivity contribution in [2.45, 2.75) is 6.92 Å². The maximum Gasteiger partial charge on any atom is 0.325 e. The van der Waals surface area contributed by atoms with Crippen molar-refractivity contribution in [1.29, 1.82) is 0 Å². The minimum Gasteiger partial charge on any atom is -0.465 e. The normalized spacial score (nSPS) is 9.69. The summed E-state index contributed by atoms with van der Waals surface area (Å²) in [6.45, 7) is 2.27. The Hall–Kier alpha value is -0.810. The van der Waals surface area contributed by atoms with Gasteiger partial charge >= 0.3 is 5.97 Å². The number of hydrogen-bond acceptors (Lipinski definition) is 5. The molecule has 1 rings (SSSR count). The van der Waals surface area contributed by atoms with Crippen LogP contribution in [0.25, 0.3) is 0 Å². The van der Waals surface area contributed by atoms with Gasteiger partial charge in [0.15, 0.2) is 4.47 Å². The summed E-state index contributed by atoms with van der Waals surface area (Å²) in [4.78, 5) is 14.8. The number of carbonyl (C=O) groups excluding carboxylic acids is 1. The highest BCUT2D eigenvalue weighted by Crippen LogP contribution is 2.18. The largest absolute Gasteiger partial charge is 0.465 e. The smallest absolute Gasteiger partial charge is 0.325 e. The molecule has 1 aromatic heterocycles. The second-order valence-electron chi connectivity index (χ2n) is 2.14. The quantitative estimate of drug-likeness (QED) is 0.786. The zero-order chi connectivity index (χ0) is 9.68. The van der Waals surface area contributed by atoms with Gasteiger partial charge in [-0.3, -0.25) is 4.79 Å². The topological polar surface area (TPSA) is 51.2 Å². The number of aromatic nitrogens is 1. The van der Waals surface area contributed by atoms with E-state index in [9.17, 15) is 4.79 Å². The zero-order valence-corrected chi connectivity index (χ0v) is 8.61. The molecule has 0 aliphatic rings. The molecule has 0 aliphatic carbocycles. The van der Waals surface area contributed by atoms with Gasteiger partial charge in [-0.1, -0.05) is 11.6 Å². The molecule has 0 unspecified atom stereocenters. The van der Waals surface area contributed by atoms with Gasteiger partial charge in [0.05, 0.1) is 6.61 Å². The van der Waals surface area contributed by atoms with Crippen LogP contribution < -0.4 is 5.32 Å².